The number of halogens is 1. The summed E-state index contributed by atoms with van der Waals surface area (Å²) in [5.41, 5.74) is 0.979. The number of urea groups is 1. The van der Waals surface area contributed by atoms with Crippen molar-refractivity contribution in [3.63, 3.8) is 0 Å². The molecule has 1 aromatic rings. The third-order valence-corrected chi connectivity index (χ3v) is 3.50. The van der Waals surface area contributed by atoms with Crippen LogP contribution in [-0.4, -0.2) is 37.2 Å². The highest BCUT2D eigenvalue weighted by Crippen LogP contribution is 2.15. The second-order valence-electron chi connectivity index (χ2n) is 5.40. The van der Waals surface area contributed by atoms with E-state index in [9.17, 15) is 18.8 Å². The van der Waals surface area contributed by atoms with E-state index in [1.807, 2.05) is 0 Å². The average molecular weight is 350 g/mol. The van der Waals surface area contributed by atoms with Gasteiger partial charge in [-0.1, -0.05) is 12.1 Å². The van der Waals surface area contributed by atoms with E-state index in [4.69, 9.17) is 9.47 Å². The van der Waals surface area contributed by atoms with Crippen LogP contribution in [-0.2, 0) is 25.5 Å². The molecule has 1 heterocycles. The number of hydrogen-bond donors (Lipinski definition) is 2. The highest BCUT2D eigenvalue weighted by molar-refractivity contribution is 5.94. The molecule has 2 amide bonds. The fraction of sp³-hybridized carbons (Fsp3) is 0.353. The summed E-state index contributed by atoms with van der Waals surface area (Å²) < 4.78 is 23.0. The Balaban J connectivity index is 2.05. The minimum absolute atomic E-state index is 0.0515. The zero-order valence-corrected chi connectivity index (χ0v) is 13.9. The molecule has 2 N–H and O–H groups in total. The first-order valence-corrected chi connectivity index (χ1v) is 7.78. The second-order valence-corrected chi connectivity index (χ2v) is 5.40. The van der Waals surface area contributed by atoms with Gasteiger partial charge in [0.05, 0.1) is 30.3 Å². The molecular weight excluding hydrogens is 331 g/mol. The fourth-order valence-electron chi connectivity index (χ4n) is 2.37. The maximum Gasteiger partial charge on any atom is 0.338 e. The lowest BCUT2D eigenvalue weighted by molar-refractivity contribution is -0.143. The number of esters is 2. The summed E-state index contributed by atoms with van der Waals surface area (Å²) >= 11 is 0. The molecule has 1 aromatic carbocycles. The Hall–Kier alpha value is -2.90. The minimum Gasteiger partial charge on any atom is -0.463 e. The first kappa shape index (κ1) is 18.4. The smallest absolute Gasteiger partial charge is 0.338 e. The Morgan fingerprint density at radius 2 is 1.88 bits per heavy atom. The lowest BCUT2D eigenvalue weighted by atomic mass is 10.0. The van der Waals surface area contributed by atoms with Crippen molar-refractivity contribution in [2.45, 2.75) is 26.3 Å². The highest BCUT2D eigenvalue weighted by atomic mass is 19.1. The zero-order chi connectivity index (χ0) is 18.4. The monoisotopic (exact) mass is 350 g/mol. The van der Waals surface area contributed by atoms with Crippen molar-refractivity contribution < 1.29 is 28.2 Å². The van der Waals surface area contributed by atoms with Crippen molar-refractivity contribution in [3.05, 3.63) is 46.9 Å². The van der Waals surface area contributed by atoms with E-state index >= 15 is 0 Å². The molecule has 1 atom stereocenters. The van der Waals surface area contributed by atoms with Crippen molar-refractivity contribution in [2.75, 3.05) is 13.2 Å². The summed E-state index contributed by atoms with van der Waals surface area (Å²) in [4.78, 5) is 35.6. The number of carbonyl (C=O) groups excluding carboxylic acids is 3. The molecule has 0 spiro atoms. The summed E-state index contributed by atoms with van der Waals surface area (Å²) in [7, 11) is 0. The van der Waals surface area contributed by atoms with Crippen molar-refractivity contribution >= 4 is 18.0 Å². The molecule has 0 saturated heterocycles. The standard InChI is InChI=1S/C17H19FN2O5/c1-3-24-16(22)15-10(2)19-17(23)20-13(15)9-25-14(21)8-11-4-6-12(18)7-5-11/h4-7,10H,3,8-9H2,1-2H3,(H2,19,20,23)/t10-/m1/s1. The van der Waals surface area contributed by atoms with E-state index in [0.717, 1.165) is 0 Å². The topological polar surface area (TPSA) is 93.7 Å². The van der Waals surface area contributed by atoms with Crippen LogP contribution in [0.2, 0.25) is 0 Å². The maximum absolute atomic E-state index is 12.9. The molecule has 25 heavy (non-hydrogen) atoms. The van der Waals surface area contributed by atoms with Gasteiger partial charge in [-0.25, -0.2) is 14.0 Å². The molecule has 0 aromatic heterocycles. The molecule has 0 aliphatic carbocycles. The van der Waals surface area contributed by atoms with Crippen LogP contribution in [0.25, 0.3) is 0 Å². The van der Waals surface area contributed by atoms with Gasteiger partial charge in [-0.2, -0.15) is 0 Å². The first-order chi connectivity index (χ1) is 11.9. The molecule has 7 nitrogen and oxygen atoms in total. The number of ether oxygens (including phenoxy) is 2. The average Bonchev–Trinajstić information content (AvgIpc) is 2.54. The molecule has 1 aliphatic rings. The summed E-state index contributed by atoms with van der Waals surface area (Å²) in [6.45, 7) is 3.21. The van der Waals surface area contributed by atoms with Gasteiger partial charge >= 0.3 is 18.0 Å². The predicted molar refractivity (Wildman–Crippen MR) is 85.9 cm³/mol. The van der Waals surface area contributed by atoms with Gasteiger partial charge in [0.1, 0.15) is 12.4 Å². The number of benzene rings is 1. The molecule has 0 saturated carbocycles. The van der Waals surface area contributed by atoms with E-state index < -0.39 is 29.8 Å². The Morgan fingerprint density at radius 3 is 2.52 bits per heavy atom. The fourth-order valence-corrected chi connectivity index (χ4v) is 2.37. The van der Waals surface area contributed by atoms with E-state index in [1.54, 1.807) is 13.8 Å². The van der Waals surface area contributed by atoms with Gasteiger partial charge in [0.15, 0.2) is 0 Å². The Labute approximate surface area is 144 Å². The highest BCUT2D eigenvalue weighted by Gasteiger charge is 2.30. The lowest BCUT2D eigenvalue weighted by Gasteiger charge is -2.26. The van der Waals surface area contributed by atoms with Crippen LogP contribution in [0, 0.1) is 5.82 Å². The van der Waals surface area contributed by atoms with Crippen LogP contribution in [0.5, 0.6) is 0 Å². The zero-order valence-electron chi connectivity index (χ0n) is 13.9. The van der Waals surface area contributed by atoms with E-state index in [1.165, 1.54) is 24.3 Å². The van der Waals surface area contributed by atoms with E-state index in [-0.39, 0.29) is 30.9 Å². The summed E-state index contributed by atoms with van der Waals surface area (Å²) in [5.74, 6) is -1.55. The molecule has 2 rings (SSSR count). The number of amides is 2. The molecule has 134 valence electrons. The Kier molecular flexibility index (Phi) is 6.10. The molecule has 1 aliphatic heterocycles. The largest absolute Gasteiger partial charge is 0.463 e. The molecule has 0 fully saturated rings. The Bertz CT molecular complexity index is 699. The number of rotatable bonds is 6. The summed E-state index contributed by atoms with van der Waals surface area (Å²) in [5, 5.41) is 5.01. The number of nitrogens with one attached hydrogen (secondary N) is 2. The van der Waals surface area contributed by atoms with Gasteiger partial charge in [-0.15, -0.1) is 0 Å². The Morgan fingerprint density at radius 1 is 1.20 bits per heavy atom. The second kappa shape index (κ2) is 8.27. The minimum atomic E-state index is -0.591. The van der Waals surface area contributed by atoms with Crippen molar-refractivity contribution in [1.29, 1.82) is 0 Å². The van der Waals surface area contributed by atoms with Crippen LogP contribution < -0.4 is 10.6 Å². The third kappa shape index (κ3) is 5.03. The third-order valence-electron chi connectivity index (χ3n) is 3.50. The summed E-state index contributed by atoms with van der Waals surface area (Å²) in [6.07, 6.45) is -0.0515. The van der Waals surface area contributed by atoms with Crippen molar-refractivity contribution in [2.24, 2.45) is 0 Å². The molecular formula is C17H19FN2O5. The van der Waals surface area contributed by atoms with Gasteiger partial charge in [-0.3, -0.25) is 4.79 Å². The van der Waals surface area contributed by atoms with Crippen LogP contribution >= 0.6 is 0 Å². The summed E-state index contributed by atoms with van der Waals surface area (Å²) in [6, 6.07) is 4.39. The number of carbonyl (C=O) groups is 3. The van der Waals surface area contributed by atoms with Gasteiger partial charge in [-0.05, 0) is 31.5 Å². The van der Waals surface area contributed by atoms with E-state index in [2.05, 4.69) is 10.6 Å². The SMILES string of the molecule is CCOC(=O)C1=C(COC(=O)Cc2ccc(F)cc2)NC(=O)N[C@@H]1C. The lowest BCUT2D eigenvalue weighted by Crippen LogP contribution is -2.50. The van der Waals surface area contributed by atoms with Crippen molar-refractivity contribution in [1.82, 2.24) is 10.6 Å². The van der Waals surface area contributed by atoms with Gasteiger partial charge in [0.25, 0.3) is 0 Å². The van der Waals surface area contributed by atoms with Crippen LogP contribution in [0.15, 0.2) is 35.5 Å². The normalized spacial score (nSPS) is 16.8. The van der Waals surface area contributed by atoms with Gasteiger partial charge in [0, 0.05) is 0 Å². The van der Waals surface area contributed by atoms with Crippen LogP contribution in [0.4, 0.5) is 9.18 Å². The number of hydrogen-bond acceptors (Lipinski definition) is 5. The van der Waals surface area contributed by atoms with E-state index in [0.29, 0.717) is 5.56 Å². The van der Waals surface area contributed by atoms with Gasteiger partial charge in [0.2, 0.25) is 0 Å². The van der Waals surface area contributed by atoms with Gasteiger partial charge < -0.3 is 20.1 Å². The molecule has 0 radical (unpaired) electrons. The quantitative estimate of drug-likeness (QED) is 0.757. The van der Waals surface area contributed by atoms with Crippen molar-refractivity contribution in [3.8, 4) is 0 Å². The maximum atomic E-state index is 12.9. The predicted octanol–water partition coefficient (Wildman–Crippen LogP) is 1.43. The van der Waals surface area contributed by atoms with Crippen LogP contribution in [0.1, 0.15) is 19.4 Å². The van der Waals surface area contributed by atoms with Crippen LogP contribution in [0.3, 0.4) is 0 Å². The molecule has 8 heteroatoms. The molecule has 0 unspecified atom stereocenters. The first-order valence-electron chi connectivity index (χ1n) is 7.78. The molecule has 0 bridgehead atoms.